The standard InChI is InChI=1S/C15H15N3O/c16-15(17)9-19-14-7-3-6-13-11(14)8-10-4-1-2-5-12(10)18-13/h1-8,15H,9,16-17H2. The van der Waals surface area contributed by atoms with E-state index >= 15 is 0 Å². The molecule has 0 bridgehead atoms. The number of rotatable bonds is 3. The summed E-state index contributed by atoms with van der Waals surface area (Å²) in [7, 11) is 0. The average Bonchev–Trinajstić information content (AvgIpc) is 2.42. The van der Waals surface area contributed by atoms with E-state index in [4.69, 9.17) is 16.2 Å². The van der Waals surface area contributed by atoms with Crippen LogP contribution >= 0.6 is 0 Å². The number of benzene rings is 2. The van der Waals surface area contributed by atoms with Crippen molar-refractivity contribution in [3.05, 3.63) is 48.5 Å². The Bertz CT molecular complexity index is 725. The second-order valence-electron chi connectivity index (χ2n) is 4.48. The zero-order chi connectivity index (χ0) is 13.2. The Morgan fingerprint density at radius 2 is 1.79 bits per heavy atom. The smallest absolute Gasteiger partial charge is 0.128 e. The van der Waals surface area contributed by atoms with E-state index in [1.807, 2.05) is 42.5 Å². The monoisotopic (exact) mass is 253 g/mol. The van der Waals surface area contributed by atoms with Crippen molar-refractivity contribution in [2.75, 3.05) is 6.61 Å². The molecule has 2 aromatic carbocycles. The average molecular weight is 253 g/mol. The zero-order valence-electron chi connectivity index (χ0n) is 10.4. The van der Waals surface area contributed by atoms with Gasteiger partial charge in [0.25, 0.3) is 0 Å². The van der Waals surface area contributed by atoms with Gasteiger partial charge in [-0.2, -0.15) is 0 Å². The zero-order valence-corrected chi connectivity index (χ0v) is 10.4. The molecule has 1 heterocycles. The fourth-order valence-electron chi connectivity index (χ4n) is 2.08. The molecule has 0 fully saturated rings. The highest BCUT2D eigenvalue weighted by Gasteiger charge is 2.06. The lowest BCUT2D eigenvalue weighted by atomic mass is 10.1. The molecule has 0 unspecified atom stereocenters. The Morgan fingerprint density at radius 3 is 2.63 bits per heavy atom. The molecule has 3 rings (SSSR count). The van der Waals surface area contributed by atoms with Crippen molar-refractivity contribution in [2.45, 2.75) is 6.17 Å². The van der Waals surface area contributed by atoms with Crippen molar-refractivity contribution in [3.8, 4) is 5.75 Å². The lowest BCUT2D eigenvalue weighted by molar-refractivity contribution is 0.294. The van der Waals surface area contributed by atoms with E-state index in [0.717, 1.165) is 27.6 Å². The minimum atomic E-state index is -0.483. The van der Waals surface area contributed by atoms with Crippen molar-refractivity contribution >= 4 is 21.8 Å². The van der Waals surface area contributed by atoms with Crippen LogP contribution in [-0.2, 0) is 0 Å². The number of hydrogen-bond acceptors (Lipinski definition) is 4. The highest BCUT2D eigenvalue weighted by molar-refractivity contribution is 5.95. The Hall–Kier alpha value is -2.17. The third-order valence-corrected chi connectivity index (χ3v) is 2.95. The molecule has 0 radical (unpaired) electrons. The van der Waals surface area contributed by atoms with Crippen LogP contribution < -0.4 is 16.2 Å². The molecule has 0 aliphatic heterocycles. The van der Waals surface area contributed by atoms with Crippen molar-refractivity contribution in [3.63, 3.8) is 0 Å². The number of pyridine rings is 1. The second-order valence-corrected chi connectivity index (χ2v) is 4.48. The van der Waals surface area contributed by atoms with Gasteiger partial charge >= 0.3 is 0 Å². The summed E-state index contributed by atoms with van der Waals surface area (Å²) >= 11 is 0. The highest BCUT2D eigenvalue weighted by Crippen LogP contribution is 2.27. The predicted octanol–water partition coefficient (Wildman–Crippen LogP) is 2.01. The van der Waals surface area contributed by atoms with E-state index in [0.29, 0.717) is 0 Å². The van der Waals surface area contributed by atoms with Gasteiger partial charge in [0, 0.05) is 10.8 Å². The molecule has 0 saturated heterocycles. The molecule has 19 heavy (non-hydrogen) atoms. The minimum absolute atomic E-state index is 0.284. The summed E-state index contributed by atoms with van der Waals surface area (Å²) in [6.45, 7) is 0.284. The molecule has 1 aromatic heterocycles. The van der Waals surface area contributed by atoms with Gasteiger partial charge in [0.1, 0.15) is 12.4 Å². The maximum absolute atomic E-state index is 5.64. The molecule has 4 nitrogen and oxygen atoms in total. The van der Waals surface area contributed by atoms with Crippen LogP contribution in [0.4, 0.5) is 0 Å². The van der Waals surface area contributed by atoms with Crippen molar-refractivity contribution in [1.29, 1.82) is 0 Å². The lowest BCUT2D eigenvalue weighted by Crippen LogP contribution is -2.36. The molecule has 0 aliphatic carbocycles. The van der Waals surface area contributed by atoms with E-state index in [-0.39, 0.29) is 6.61 Å². The lowest BCUT2D eigenvalue weighted by Gasteiger charge is -2.11. The van der Waals surface area contributed by atoms with Crippen molar-refractivity contribution < 1.29 is 4.74 Å². The first-order valence-corrected chi connectivity index (χ1v) is 6.16. The Balaban J connectivity index is 2.15. The summed E-state index contributed by atoms with van der Waals surface area (Å²) < 4.78 is 5.64. The highest BCUT2D eigenvalue weighted by atomic mass is 16.5. The van der Waals surface area contributed by atoms with E-state index in [1.54, 1.807) is 0 Å². The second kappa shape index (κ2) is 4.84. The third-order valence-electron chi connectivity index (χ3n) is 2.95. The van der Waals surface area contributed by atoms with Gasteiger partial charge < -0.3 is 16.2 Å². The number of fused-ring (bicyclic) bond motifs is 2. The molecular formula is C15H15N3O. The van der Waals surface area contributed by atoms with Gasteiger partial charge in [-0.1, -0.05) is 24.3 Å². The van der Waals surface area contributed by atoms with Crippen LogP contribution in [0, 0.1) is 0 Å². The first-order valence-electron chi connectivity index (χ1n) is 6.16. The van der Waals surface area contributed by atoms with Crippen LogP contribution in [0.25, 0.3) is 21.8 Å². The number of ether oxygens (including phenoxy) is 1. The molecule has 0 aliphatic rings. The van der Waals surface area contributed by atoms with E-state index in [1.165, 1.54) is 0 Å². The Labute approximate surface area is 111 Å². The van der Waals surface area contributed by atoms with E-state index < -0.39 is 6.17 Å². The topological polar surface area (TPSA) is 74.2 Å². The summed E-state index contributed by atoms with van der Waals surface area (Å²) in [5.41, 5.74) is 12.9. The van der Waals surface area contributed by atoms with Crippen LogP contribution in [0.15, 0.2) is 48.5 Å². The molecule has 0 spiro atoms. The van der Waals surface area contributed by atoms with Gasteiger partial charge in [0.15, 0.2) is 0 Å². The molecular weight excluding hydrogens is 238 g/mol. The van der Waals surface area contributed by atoms with Crippen LogP contribution in [0.1, 0.15) is 0 Å². The van der Waals surface area contributed by atoms with Gasteiger partial charge in [0.2, 0.25) is 0 Å². The molecule has 96 valence electrons. The number of nitrogens with two attached hydrogens (primary N) is 2. The number of hydrogen-bond donors (Lipinski definition) is 2. The van der Waals surface area contributed by atoms with Gasteiger partial charge in [-0.25, -0.2) is 4.98 Å². The SMILES string of the molecule is NC(N)COc1cccc2nc3ccccc3cc12. The quantitative estimate of drug-likeness (QED) is 0.553. The number of nitrogens with zero attached hydrogens (tertiary/aromatic N) is 1. The fraction of sp³-hybridized carbons (Fsp3) is 0.133. The molecule has 0 amide bonds. The number of aromatic nitrogens is 1. The van der Waals surface area contributed by atoms with Crippen LogP contribution in [-0.4, -0.2) is 17.8 Å². The van der Waals surface area contributed by atoms with Gasteiger partial charge in [0.05, 0.1) is 17.2 Å². The summed E-state index contributed by atoms with van der Waals surface area (Å²) in [6.07, 6.45) is -0.483. The van der Waals surface area contributed by atoms with Crippen LogP contribution in [0.5, 0.6) is 5.75 Å². The summed E-state index contributed by atoms with van der Waals surface area (Å²) in [5.74, 6) is 0.761. The summed E-state index contributed by atoms with van der Waals surface area (Å²) in [4.78, 5) is 4.62. The Kier molecular flexibility index (Phi) is 3.03. The number of para-hydroxylation sites is 1. The molecule has 4 N–H and O–H groups in total. The Morgan fingerprint density at radius 1 is 1.00 bits per heavy atom. The van der Waals surface area contributed by atoms with Gasteiger partial charge in [-0.3, -0.25) is 0 Å². The van der Waals surface area contributed by atoms with Crippen LogP contribution in [0.2, 0.25) is 0 Å². The maximum Gasteiger partial charge on any atom is 0.128 e. The van der Waals surface area contributed by atoms with Crippen molar-refractivity contribution in [1.82, 2.24) is 4.98 Å². The molecule has 0 saturated carbocycles. The predicted molar refractivity (Wildman–Crippen MR) is 76.9 cm³/mol. The normalized spacial score (nSPS) is 11.3. The molecule has 4 heteroatoms. The van der Waals surface area contributed by atoms with E-state index in [9.17, 15) is 0 Å². The first-order chi connectivity index (χ1) is 9.24. The first kappa shape index (κ1) is 11.9. The molecule has 3 aromatic rings. The van der Waals surface area contributed by atoms with Gasteiger partial charge in [-0.05, 0) is 24.3 Å². The molecule has 0 atom stereocenters. The van der Waals surface area contributed by atoms with Crippen LogP contribution in [0.3, 0.4) is 0 Å². The van der Waals surface area contributed by atoms with Gasteiger partial charge in [-0.15, -0.1) is 0 Å². The fourth-order valence-corrected chi connectivity index (χ4v) is 2.08. The summed E-state index contributed by atoms with van der Waals surface area (Å²) in [6, 6.07) is 15.9. The largest absolute Gasteiger partial charge is 0.490 e. The third kappa shape index (κ3) is 2.36. The summed E-state index contributed by atoms with van der Waals surface area (Å²) in [5, 5.41) is 2.06. The minimum Gasteiger partial charge on any atom is -0.490 e. The van der Waals surface area contributed by atoms with E-state index in [2.05, 4.69) is 11.1 Å². The van der Waals surface area contributed by atoms with Crippen molar-refractivity contribution in [2.24, 2.45) is 11.5 Å². The maximum atomic E-state index is 5.64.